The fourth-order valence-corrected chi connectivity index (χ4v) is 5.86. The predicted octanol–water partition coefficient (Wildman–Crippen LogP) is 0.365. The molecular formula is C22H22N2O10S2. The molecule has 4 rings (SSSR count). The number of rotatable bonds is 8. The molecule has 1 aliphatic heterocycles. The van der Waals surface area contributed by atoms with Crippen molar-refractivity contribution in [2.45, 2.75) is 40.8 Å². The van der Waals surface area contributed by atoms with Crippen LogP contribution in [0.5, 0.6) is 0 Å². The van der Waals surface area contributed by atoms with Crippen LogP contribution >= 0.6 is 0 Å². The Morgan fingerprint density at radius 1 is 0.944 bits per heavy atom. The van der Waals surface area contributed by atoms with Crippen molar-refractivity contribution in [2.24, 2.45) is 0 Å². The minimum absolute atomic E-state index is 0.155. The van der Waals surface area contributed by atoms with Crippen LogP contribution in [-0.4, -0.2) is 55.9 Å². The summed E-state index contributed by atoms with van der Waals surface area (Å²) in [5.41, 5.74) is -3.85. The summed E-state index contributed by atoms with van der Waals surface area (Å²) < 4.78 is 68.1. The largest absolute Gasteiger partial charge is 0.383 e. The normalized spacial score (nSPS) is 24.6. The van der Waals surface area contributed by atoms with Crippen LogP contribution < -0.4 is 11.2 Å². The minimum Gasteiger partial charge on any atom is -0.383 e. The van der Waals surface area contributed by atoms with Gasteiger partial charge in [-0.05, 0) is 31.2 Å². The van der Waals surface area contributed by atoms with Gasteiger partial charge < -0.3 is 9.84 Å². The van der Waals surface area contributed by atoms with E-state index < -0.39 is 62.1 Å². The van der Waals surface area contributed by atoms with E-state index in [0.29, 0.717) is 0 Å². The topological polar surface area (TPSA) is 171 Å². The van der Waals surface area contributed by atoms with Crippen molar-refractivity contribution < 1.29 is 35.0 Å². The first-order valence-electron chi connectivity index (χ1n) is 10.5. The number of H-pyrrole nitrogens is 1. The molecule has 0 spiro atoms. The second-order valence-electron chi connectivity index (χ2n) is 8.11. The third-order valence-corrected chi connectivity index (χ3v) is 8.11. The first kappa shape index (κ1) is 25.9. The molecule has 2 heterocycles. The Kier molecular flexibility index (Phi) is 7.01. The lowest BCUT2D eigenvalue weighted by molar-refractivity contribution is -0.0953. The molecule has 0 amide bonds. The number of benzene rings is 2. The molecule has 1 fully saturated rings. The highest BCUT2D eigenvalue weighted by Crippen LogP contribution is 2.41. The molecular weight excluding hydrogens is 516 g/mol. The first-order chi connectivity index (χ1) is 16.9. The summed E-state index contributed by atoms with van der Waals surface area (Å²) in [4.78, 5) is 25.5. The maximum atomic E-state index is 12.9. The number of aromatic nitrogens is 2. The van der Waals surface area contributed by atoms with Crippen molar-refractivity contribution in [1.82, 2.24) is 9.55 Å². The summed E-state index contributed by atoms with van der Waals surface area (Å²) in [5.74, 6) is 0. The van der Waals surface area contributed by atoms with E-state index in [1.807, 2.05) is 4.98 Å². The molecule has 0 saturated carbocycles. The average Bonchev–Trinajstić information content (AvgIpc) is 3.08. The summed E-state index contributed by atoms with van der Waals surface area (Å²) in [7, 11) is -8.75. The summed E-state index contributed by atoms with van der Waals surface area (Å²) >= 11 is 0. The van der Waals surface area contributed by atoms with Gasteiger partial charge in [-0.25, -0.2) is 4.79 Å². The smallest absolute Gasteiger partial charge is 0.330 e. The quantitative estimate of drug-likeness (QED) is 0.382. The van der Waals surface area contributed by atoms with Gasteiger partial charge in [-0.1, -0.05) is 36.4 Å². The van der Waals surface area contributed by atoms with Crippen LogP contribution in [0.3, 0.4) is 0 Å². The third kappa shape index (κ3) is 5.18. The standard InChI is InChI=1S/C22H22N2O10S2/c1-22(27)19(34-36(30,31)16-10-6-3-7-11-16)17(14-32-35(28,29)15-8-4-2-5-9-15)33-20(22)24-13-12-18(25)23-21(24)26/h2-13,17,19-20,27H,14H2,1H3,(H,23,25,26)/t17-,19-,20?,22+/m1/s1. The lowest BCUT2D eigenvalue weighted by Gasteiger charge is -2.29. The van der Waals surface area contributed by atoms with E-state index in [9.17, 15) is 31.5 Å². The second-order valence-corrected chi connectivity index (χ2v) is 11.3. The van der Waals surface area contributed by atoms with Crippen molar-refractivity contribution in [3.05, 3.63) is 93.8 Å². The molecule has 0 aliphatic carbocycles. The zero-order valence-corrected chi connectivity index (χ0v) is 20.4. The molecule has 3 aromatic rings. The Morgan fingerprint density at radius 3 is 2.06 bits per heavy atom. The van der Waals surface area contributed by atoms with Gasteiger partial charge in [0.2, 0.25) is 0 Å². The van der Waals surface area contributed by atoms with Crippen LogP contribution in [0.1, 0.15) is 13.2 Å². The van der Waals surface area contributed by atoms with E-state index >= 15 is 0 Å². The molecule has 36 heavy (non-hydrogen) atoms. The van der Waals surface area contributed by atoms with Gasteiger partial charge >= 0.3 is 5.69 Å². The van der Waals surface area contributed by atoms with Crippen LogP contribution in [0.25, 0.3) is 0 Å². The van der Waals surface area contributed by atoms with Crippen LogP contribution in [-0.2, 0) is 33.3 Å². The predicted molar refractivity (Wildman–Crippen MR) is 124 cm³/mol. The van der Waals surface area contributed by atoms with E-state index in [0.717, 1.165) is 23.8 Å². The fraction of sp³-hybridized carbons (Fsp3) is 0.273. The Morgan fingerprint density at radius 2 is 1.50 bits per heavy atom. The van der Waals surface area contributed by atoms with Gasteiger partial charge in [0.15, 0.2) is 6.23 Å². The van der Waals surface area contributed by atoms with Crippen molar-refractivity contribution in [3.63, 3.8) is 0 Å². The Balaban J connectivity index is 1.69. The van der Waals surface area contributed by atoms with E-state index in [4.69, 9.17) is 13.1 Å². The minimum atomic E-state index is -4.47. The van der Waals surface area contributed by atoms with Gasteiger partial charge in [-0.15, -0.1) is 0 Å². The van der Waals surface area contributed by atoms with Gasteiger partial charge in [-0.3, -0.25) is 22.7 Å². The molecule has 2 aromatic carbocycles. The molecule has 0 bridgehead atoms. The van der Waals surface area contributed by atoms with Crippen molar-refractivity contribution in [1.29, 1.82) is 0 Å². The Bertz CT molecular complexity index is 1550. The number of aromatic amines is 1. The maximum Gasteiger partial charge on any atom is 0.330 e. The molecule has 1 unspecified atom stereocenters. The highest BCUT2D eigenvalue weighted by atomic mass is 32.2. The zero-order chi connectivity index (χ0) is 26.1. The number of hydrogen-bond acceptors (Lipinski definition) is 10. The van der Waals surface area contributed by atoms with Crippen molar-refractivity contribution >= 4 is 20.2 Å². The average molecular weight is 539 g/mol. The van der Waals surface area contributed by atoms with Crippen molar-refractivity contribution in [2.75, 3.05) is 6.61 Å². The van der Waals surface area contributed by atoms with E-state index in [2.05, 4.69) is 0 Å². The Hall–Kier alpha value is -3.14. The molecule has 14 heteroatoms. The second kappa shape index (κ2) is 9.72. The highest BCUT2D eigenvalue weighted by Gasteiger charge is 2.57. The molecule has 12 nitrogen and oxygen atoms in total. The summed E-state index contributed by atoms with van der Waals surface area (Å²) in [6, 6.07) is 15.3. The number of nitrogens with one attached hydrogen (secondary N) is 1. The molecule has 192 valence electrons. The fourth-order valence-electron chi connectivity index (χ4n) is 3.73. The van der Waals surface area contributed by atoms with Crippen LogP contribution in [0.15, 0.2) is 92.3 Å². The summed E-state index contributed by atoms with van der Waals surface area (Å²) in [6.45, 7) is 0.406. The molecule has 0 radical (unpaired) electrons. The van der Waals surface area contributed by atoms with Crippen molar-refractivity contribution in [3.8, 4) is 0 Å². The summed E-state index contributed by atoms with van der Waals surface area (Å²) in [6.07, 6.45) is -3.70. The van der Waals surface area contributed by atoms with Gasteiger partial charge in [0.1, 0.15) is 17.8 Å². The maximum absolute atomic E-state index is 12.9. The molecule has 2 N–H and O–H groups in total. The van der Waals surface area contributed by atoms with Gasteiger partial charge in [0, 0.05) is 12.3 Å². The number of aliphatic hydroxyl groups is 1. The summed E-state index contributed by atoms with van der Waals surface area (Å²) in [5, 5.41) is 11.3. The molecule has 1 aromatic heterocycles. The van der Waals surface area contributed by atoms with Gasteiger partial charge in [0.05, 0.1) is 16.4 Å². The number of nitrogens with zero attached hydrogens (tertiary/aromatic N) is 1. The monoisotopic (exact) mass is 538 g/mol. The van der Waals surface area contributed by atoms with Crippen LogP contribution in [0.4, 0.5) is 0 Å². The molecule has 1 aliphatic rings. The molecule has 1 saturated heterocycles. The number of hydrogen-bond donors (Lipinski definition) is 2. The van der Waals surface area contributed by atoms with E-state index in [1.54, 1.807) is 12.1 Å². The van der Waals surface area contributed by atoms with E-state index in [-0.39, 0.29) is 9.79 Å². The van der Waals surface area contributed by atoms with Crippen LogP contribution in [0.2, 0.25) is 0 Å². The van der Waals surface area contributed by atoms with Crippen LogP contribution in [0, 0.1) is 0 Å². The number of ether oxygens (including phenoxy) is 1. The van der Waals surface area contributed by atoms with E-state index in [1.165, 1.54) is 48.5 Å². The zero-order valence-electron chi connectivity index (χ0n) is 18.8. The Labute approximate surface area is 206 Å². The first-order valence-corrected chi connectivity index (χ1v) is 13.4. The van der Waals surface area contributed by atoms with Gasteiger partial charge in [-0.2, -0.15) is 16.8 Å². The lowest BCUT2D eigenvalue weighted by Crippen LogP contribution is -2.49. The van der Waals surface area contributed by atoms with Gasteiger partial charge in [0.25, 0.3) is 25.8 Å². The SMILES string of the molecule is C[C@@]1(O)C(n2ccc(=O)[nH]c2=O)O[C@H](COS(=O)(=O)c2ccccc2)[C@H]1OS(=O)(=O)c1ccccc1. The lowest BCUT2D eigenvalue weighted by atomic mass is 9.96. The molecule has 4 atom stereocenters. The third-order valence-electron chi connectivity index (χ3n) is 5.50. The highest BCUT2D eigenvalue weighted by molar-refractivity contribution is 7.87.